The van der Waals surface area contributed by atoms with Gasteiger partial charge in [0, 0.05) is 35.8 Å². The normalized spacial score (nSPS) is 15.2. The van der Waals surface area contributed by atoms with E-state index in [4.69, 9.17) is 0 Å². The highest BCUT2D eigenvalue weighted by atomic mass is 32.2. The first kappa shape index (κ1) is 16.1. The number of hydrogen-bond donors (Lipinski definition) is 1. The van der Waals surface area contributed by atoms with E-state index in [2.05, 4.69) is 41.7 Å². The van der Waals surface area contributed by atoms with Crippen molar-refractivity contribution in [3.05, 3.63) is 65.7 Å². The molecule has 0 spiro atoms. The molecule has 0 atom stereocenters. The first-order chi connectivity index (χ1) is 11.3. The van der Waals surface area contributed by atoms with Crippen molar-refractivity contribution in [2.45, 2.75) is 17.1 Å². The van der Waals surface area contributed by atoms with Crippen LogP contribution in [0.2, 0.25) is 0 Å². The van der Waals surface area contributed by atoms with Gasteiger partial charge in [-0.3, -0.25) is 4.79 Å². The molecule has 3 rings (SSSR count). The summed E-state index contributed by atoms with van der Waals surface area (Å²) in [6.07, 6.45) is 1.03. The molecule has 23 heavy (non-hydrogen) atoms. The minimum absolute atomic E-state index is 0.149. The average molecular weight is 326 g/mol. The minimum Gasteiger partial charge on any atom is -0.337 e. The van der Waals surface area contributed by atoms with Gasteiger partial charge in [0.25, 0.3) is 5.91 Å². The summed E-state index contributed by atoms with van der Waals surface area (Å²) in [5.41, 5.74) is 2.04. The number of carbonyl (C=O) groups is 1. The van der Waals surface area contributed by atoms with Crippen LogP contribution in [0.1, 0.15) is 22.3 Å². The summed E-state index contributed by atoms with van der Waals surface area (Å²) in [6.45, 7) is 3.53. The van der Waals surface area contributed by atoms with E-state index in [1.807, 2.05) is 34.9 Å². The molecule has 1 aliphatic heterocycles. The molecule has 0 saturated carbocycles. The fourth-order valence-electron chi connectivity index (χ4n) is 2.66. The molecule has 4 heteroatoms. The van der Waals surface area contributed by atoms with Crippen molar-refractivity contribution < 1.29 is 4.79 Å². The summed E-state index contributed by atoms with van der Waals surface area (Å²) < 4.78 is 0. The summed E-state index contributed by atoms with van der Waals surface area (Å²) in [5, 5.41) is 3.33. The van der Waals surface area contributed by atoms with E-state index in [0.717, 1.165) is 43.9 Å². The van der Waals surface area contributed by atoms with Crippen LogP contribution in [0.4, 0.5) is 0 Å². The Kier molecular flexibility index (Phi) is 5.72. The van der Waals surface area contributed by atoms with Gasteiger partial charge < -0.3 is 10.2 Å². The molecule has 1 N–H and O–H groups in total. The van der Waals surface area contributed by atoms with Gasteiger partial charge in [-0.2, -0.15) is 0 Å². The molecule has 2 aromatic carbocycles. The lowest BCUT2D eigenvalue weighted by molar-refractivity contribution is 0.0766. The number of nitrogens with one attached hydrogen (secondary N) is 1. The van der Waals surface area contributed by atoms with Crippen molar-refractivity contribution in [3.63, 3.8) is 0 Å². The topological polar surface area (TPSA) is 32.3 Å². The number of thioether (sulfide) groups is 1. The number of carbonyl (C=O) groups excluding carboxylic acids is 1. The first-order valence-electron chi connectivity index (χ1n) is 8.10. The number of amides is 1. The Morgan fingerprint density at radius 3 is 2.57 bits per heavy atom. The lowest BCUT2D eigenvalue weighted by Crippen LogP contribution is -2.34. The predicted molar refractivity (Wildman–Crippen MR) is 95.8 cm³/mol. The van der Waals surface area contributed by atoms with Gasteiger partial charge in [-0.15, -0.1) is 11.8 Å². The van der Waals surface area contributed by atoms with Gasteiger partial charge in [0.15, 0.2) is 0 Å². The van der Waals surface area contributed by atoms with Crippen molar-refractivity contribution in [2.24, 2.45) is 0 Å². The van der Waals surface area contributed by atoms with Crippen LogP contribution in [-0.4, -0.2) is 37.0 Å². The monoisotopic (exact) mass is 326 g/mol. The largest absolute Gasteiger partial charge is 0.337 e. The van der Waals surface area contributed by atoms with E-state index in [-0.39, 0.29) is 5.91 Å². The van der Waals surface area contributed by atoms with Crippen molar-refractivity contribution in [3.8, 4) is 0 Å². The summed E-state index contributed by atoms with van der Waals surface area (Å²) in [5.74, 6) is 1.07. The fraction of sp³-hybridized carbons (Fsp3) is 0.316. The van der Waals surface area contributed by atoms with E-state index in [1.165, 1.54) is 10.5 Å². The molecule has 1 saturated heterocycles. The maximum atomic E-state index is 12.5. The van der Waals surface area contributed by atoms with E-state index in [9.17, 15) is 4.79 Å². The van der Waals surface area contributed by atoms with E-state index < -0.39 is 0 Å². The van der Waals surface area contributed by atoms with Crippen LogP contribution in [0.15, 0.2) is 59.5 Å². The quantitative estimate of drug-likeness (QED) is 0.874. The molecular weight excluding hydrogens is 304 g/mol. The van der Waals surface area contributed by atoms with Gasteiger partial charge >= 0.3 is 0 Å². The zero-order valence-electron chi connectivity index (χ0n) is 13.2. The number of hydrogen-bond acceptors (Lipinski definition) is 3. The van der Waals surface area contributed by atoms with Crippen molar-refractivity contribution in [2.75, 3.05) is 26.2 Å². The lowest BCUT2D eigenvalue weighted by Gasteiger charge is -2.20. The first-order valence-corrected chi connectivity index (χ1v) is 9.08. The second-order valence-electron chi connectivity index (χ2n) is 5.69. The van der Waals surface area contributed by atoms with Crippen LogP contribution >= 0.6 is 11.8 Å². The zero-order chi connectivity index (χ0) is 15.9. The third kappa shape index (κ3) is 4.60. The van der Waals surface area contributed by atoms with E-state index >= 15 is 0 Å². The average Bonchev–Trinajstić information content (AvgIpc) is 2.90. The van der Waals surface area contributed by atoms with Crippen LogP contribution in [0.5, 0.6) is 0 Å². The maximum absolute atomic E-state index is 12.5. The predicted octanol–water partition coefficient (Wildman–Crippen LogP) is 3.41. The highest BCUT2D eigenvalue weighted by molar-refractivity contribution is 7.98. The molecule has 0 aromatic heterocycles. The van der Waals surface area contributed by atoms with Gasteiger partial charge in [0.05, 0.1) is 0 Å². The molecule has 3 nitrogen and oxygen atoms in total. The minimum atomic E-state index is 0.149. The second kappa shape index (κ2) is 8.18. The molecule has 1 aliphatic rings. The second-order valence-corrected chi connectivity index (χ2v) is 6.74. The van der Waals surface area contributed by atoms with Crippen molar-refractivity contribution in [1.82, 2.24) is 10.2 Å². The molecule has 1 heterocycles. The Morgan fingerprint density at radius 1 is 1.00 bits per heavy atom. The van der Waals surface area contributed by atoms with Gasteiger partial charge in [-0.1, -0.05) is 30.3 Å². The SMILES string of the molecule is O=C(c1ccc(CSc2ccccc2)cc1)N1CCCNCC1. The van der Waals surface area contributed by atoms with Gasteiger partial charge in [-0.25, -0.2) is 0 Å². The van der Waals surface area contributed by atoms with Crippen LogP contribution in [0.3, 0.4) is 0 Å². The Balaban J connectivity index is 1.59. The zero-order valence-corrected chi connectivity index (χ0v) is 14.0. The summed E-state index contributed by atoms with van der Waals surface area (Å²) in [7, 11) is 0. The van der Waals surface area contributed by atoms with Gasteiger partial charge in [0.2, 0.25) is 0 Å². The molecular formula is C19H22N2OS. The Labute approximate surface area is 142 Å². The molecule has 0 bridgehead atoms. The van der Waals surface area contributed by atoms with Gasteiger partial charge in [0.1, 0.15) is 0 Å². The fourth-order valence-corrected chi connectivity index (χ4v) is 3.53. The molecule has 0 aliphatic carbocycles. The maximum Gasteiger partial charge on any atom is 0.253 e. The molecule has 0 unspecified atom stereocenters. The standard InChI is InChI=1S/C19H22N2OS/c22-19(21-13-4-11-20-12-14-21)17-9-7-16(8-10-17)15-23-18-5-2-1-3-6-18/h1-3,5-10,20H,4,11-15H2. The number of rotatable bonds is 4. The summed E-state index contributed by atoms with van der Waals surface area (Å²) in [4.78, 5) is 15.8. The van der Waals surface area contributed by atoms with Crippen molar-refractivity contribution >= 4 is 17.7 Å². The molecule has 120 valence electrons. The van der Waals surface area contributed by atoms with Crippen LogP contribution in [0, 0.1) is 0 Å². The number of nitrogens with zero attached hydrogens (tertiary/aromatic N) is 1. The Bertz CT molecular complexity index is 620. The van der Waals surface area contributed by atoms with Gasteiger partial charge in [-0.05, 0) is 42.8 Å². The molecule has 2 aromatic rings. The highest BCUT2D eigenvalue weighted by Crippen LogP contribution is 2.22. The van der Waals surface area contributed by atoms with Crippen molar-refractivity contribution in [1.29, 1.82) is 0 Å². The van der Waals surface area contributed by atoms with Crippen LogP contribution in [-0.2, 0) is 5.75 Å². The molecule has 0 radical (unpaired) electrons. The Morgan fingerprint density at radius 2 is 1.78 bits per heavy atom. The van der Waals surface area contributed by atoms with E-state index in [0.29, 0.717) is 0 Å². The highest BCUT2D eigenvalue weighted by Gasteiger charge is 2.16. The lowest BCUT2D eigenvalue weighted by atomic mass is 10.1. The van der Waals surface area contributed by atoms with Crippen LogP contribution in [0.25, 0.3) is 0 Å². The third-order valence-corrected chi connectivity index (χ3v) is 5.06. The third-order valence-electron chi connectivity index (χ3n) is 3.98. The van der Waals surface area contributed by atoms with Crippen LogP contribution < -0.4 is 5.32 Å². The Hall–Kier alpha value is -1.78. The summed E-state index contributed by atoms with van der Waals surface area (Å²) in [6, 6.07) is 18.4. The summed E-state index contributed by atoms with van der Waals surface area (Å²) >= 11 is 1.81. The van der Waals surface area contributed by atoms with E-state index in [1.54, 1.807) is 0 Å². The molecule has 1 fully saturated rings. The smallest absolute Gasteiger partial charge is 0.253 e. The molecule has 1 amide bonds. The number of benzene rings is 2.